The van der Waals surface area contributed by atoms with E-state index in [-0.39, 0.29) is 11.8 Å². The largest absolute Gasteiger partial charge is 0.492 e. The molecule has 0 aliphatic carbocycles. The molecule has 1 N–H and O–H groups in total. The Morgan fingerprint density at radius 2 is 2.08 bits per heavy atom. The van der Waals surface area contributed by atoms with Crippen molar-refractivity contribution in [2.45, 2.75) is 31.3 Å². The number of hydrogen-bond donors (Lipinski definition) is 1. The van der Waals surface area contributed by atoms with Crippen LogP contribution in [0.5, 0.6) is 11.5 Å². The van der Waals surface area contributed by atoms with Gasteiger partial charge in [-0.2, -0.15) is 0 Å². The lowest BCUT2D eigenvalue weighted by atomic mass is 10.1. The Bertz CT molecular complexity index is 867. The van der Waals surface area contributed by atoms with E-state index in [2.05, 4.69) is 4.72 Å². The van der Waals surface area contributed by atoms with Crippen LogP contribution in [0, 0.1) is 5.82 Å². The maximum atomic E-state index is 13.8. The quantitative estimate of drug-likeness (QED) is 0.897. The van der Waals surface area contributed by atoms with Gasteiger partial charge in [-0.05, 0) is 32.0 Å². The lowest BCUT2D eigenvalue weighted by Crippen LogP contribution is -2.15. The van der Waals surface area contributed by atoms with E-state index < -0.39 is 20.7 Å². The Kier molecular flexibility index (Phi) is 4.36. The van der Waals surface area contributed by atoms with Crippen molar-refractivity contribution in [1.82, 2.24) is 0 Å². The van der Waals surface area contributed by atoms with Crippen LogP contribution in [0.3, 0.4) is 0 Å². The monoisotopic (exact) mass is 351 g/mol. The van der Waals surface area contributed by atoms with Gasteiger partial charge in [0.15, 0.2) is 0 Å². The minimum atomic E-state index is -4.08. The summed E-state index contributed by atoms with van der Waals surface area (Å²) in [6.07, 6.45) is 0.753. The van der Waals surface area contributed by atoms with Crippen molar-refractivity contribution in [1.29, 1.82) is 0 Å². The molecule has 0 saturated heterocycles. The van der Waals surface area contributed by atoms with E-state index in [1.54, 1.807) is 12.1 Å². The SMILES string of the molecule is CCOc1cc2c(cc1NS(=O)(=O)c1ccccc1F)O[C@H](C)C2. The molecule has 2 aromatic rings. The third kappa shape index (κ3) is 3.17. The summed E-state index contributed by atoms with van der Waals surface area (Å²) in [6, 6.07) is 8.57. The molecule has 0 unspecified atom stereocenters. The Labute approximate surface area is 140 Å². The normalized spacial score (nSPS) is 16.4. The predicted molar refractivity (Wildman–Crippen MR) is 88.6 cm³/mol. The summed E-state index contributed by atoms with van der Waals surface area (Å²) in [4.78, 5) is -0.415. The summed E-state index contributed by atoms with van der Waals surface area (Å²) in [7, 11) is -4.08. The summed E-state index contributed by atoms with van der Waals surface area (Å²) in [5.74, 6) is 0.194. The standard InChI is InChI=1S/C17H18FNO4S/c1-3-22-16-9-12-8-11(2)23-15(12)10-14(16)19-24(20,21)17-7-5-4-6-13(17)18/h4-7,9-11,19H,3,8H2,1-2H3/t11-/m1/s1. The molecule has 0 radical (unpaired) electrons. The molecule has 0 spiro atoms. The molecule has 3 rings (SSSR count). The number of nitrogens with one attached hydrogen (secondary N) is 1. The highest BCUT2D eigenvalue weighted by Gasteiger charge is 2.25. The van der Waals surface area contributed by atoms with Crippen LogP contribution < -0.4 is 14.2 Å². The number of rotatable bonds is 5. The van der Waals surface area contributed by atoms with Gasteiger partial charge in [0.1, 0.15) is 28.3 Å². The van der Waals surface area contributed by atoms with Crippen LogP contribution in [0.2, 0.25) is 0 Å². The second-order valence-electron chi connectivity index (χ2n) is 5.56. The summed E-state index contributed by atoms with van der Waals surface area (Å²) in [5, 5.41) is 0. The van der Waals surface area contributed by atoms with Crippen molar-refractivity contribution < 1.29 is 22.3 Å². The Hall–Kier alpha value is -2.28. The Balaban J connectivity index is 2.00. The molecule has 1 heterocycles. The number of benzene rings is 2. The van der Waals surface area contributed by atoms with Gasteiger partial charge in [0.05, 0.1) is 12.3 Å². The topological polar surface area (TPSA) is 64.6 Å². The van der Waals surface area contributed by atoms with Gasteiger partial charge < -0.3 is 9.47 Å². The molecule has 128 valence electrons. The molecule has 0 saturated carbocycles. The maximum Gasteiger partial charge on any atom is 0.264 e. The number of fused-ring (bicyclic) bond motifs is 1. The van der Waals surface area contributed by atoms with Crippen LogP contribution in [-0.2, 0) is 16.4 Å². The summed E-state index contributed by atoms with van der Waals surface area (Å²) in [6.45, 7) is 4.12. The first kappa shape index (κ1) is 16.6. The predicted octanol–water partition coefficient (Wildman–Crippen LogP) is 3.35. The molecule has 0 fully saturated rings. The first-order chi connectivity index (χ1) is 11.4. The zero-order valence-corrected chi connectivity index (χ0v) is 14.2. The fourth-order valence-electron chi connectivity index (χ4n) is 2.66. The zero-order chi connectivity index (χ0) is 17.3. The third-order valence-corrected chi connectivity index (χ3v) is 5.07. The molecular weight excluding hydrogens is 333 g/mol. The van der Waals surface area contributed by atoms with E-state index in [4.69, 9.17) is 9.47 Å². The summed E-state index contributed by atoms with van der Waals surface area (Å²) in [5.41, 5.74) is 1.19. The van der Waals surface area contributed by atoms with E-state index in [1.165, 1.54) is 18.2 Å². The van der Waals surface area contributed by atoms with Crippen LogP contribution in [0.4, 0.5) is 10.1 Å². The number of sulfonamides is 1. The van der Waals surface area contributed by atoms with Gasteiger partial charge in [-0.1, -0.05) is 12.1 Å². The van der Waals surface area contributed by atoms with Crippen LogP contribution in [0.15, 0.2) is 41.3 Å². The zero-order valence-electron chi connectivity index (χ0n) is 13.4. The molecule has 0 bridgehead atoms. The minimum Gasteiger partial charge on any atom is -0.492 e. The molecule has 5 nitrogen and oxygen atoms in total. The van der Waals surface area contributed by atoms with Gasteiger partial charge in [-0.25, -0.2) is 12.8 Å². The van der Waals surface area contributed by atoms with Crippen molar-refractivity contribution in [2.24, 2.45) is 0 Å². The van der Waals surface area contributed by atoms with Crippen LogP contribution >= 0.6 is 0 Å². The van der Waals surface area contributed by atoms with Gasteiger partial charge >= 0.3 is 0 Å². The highest BCUT2D eigenvalue weighted by Crippen LogP contribution is 2.39. The van der Waals surface area contributed by atoms with Gasteiger partial charge in [-0.3, -0.25) is 4.72 Å². The molecule has 24 heavy (non-hydrogen) atoms. The number of halogens is 1. The lowest BCUT2D eigenvalue weighted by Gasteiger charge is -2.15. The van der Waals surface area contributed by atoms with Gasteiger partial charge in [0, 0.05) is 18.1 Å². The highest BCUT2D eigenvalue weighted by atomic mass is 32.2. The summed E-state index contributed by atoms with van der Waals surface area (Å²) < 4.78 is 52.4. The average Bonchev–Trinajstić information content (AvgIpc) is 2.86. The average molecular weight is 351 g/mol. The Morgan fingerprint density at radius 1 is 1.33 bits per heavy atom. The fraction of sp³-hybridized carbons (Fsp3) is 0.294. The second kappa shape index (κ2) is 6.32. The van der Waals surface area contributed by atoms with Crippen molar-refractivity contribution in [3.63, 3.8) is 0 Å². The second-order valence-corrected chi connectivity index (χ2v) is 7.21. The number of anilines is 1. The highest BCUT2D eigenvalue weighted by molar-refractivity contribution is 7.92. The van der Waals surface area contributed by atoms with Gasteiger partial charge in [0.2, 0.25) is 0 Å². The fourth-order valence-corrected chi connectivity index (χ4v) is 3.80. The smallest absolute Gasteiger partial charge is 0.264 e. The van der Waals surface area contributed by atoms with Crippen molar-refractivity contribution >= 4 is 15.7 Å². The van der Waals surface area contributed by atoms with Crippen LogP contribution in [0.1, 0.15) is 19.4 Å². The van der Waals surface area contributed by atoms with E-state index in [9.17, 15) is 12.8 Å². The lowest BCUT2D eigenvalue weighted by molar-refractivity contribution is 0.254. The molecule has 1 aliphatic heterocycles. The van der Waals surface area contributed by atoms with Gasteiger partial charge in [0.25, 0.3) is 10.0 Å². The molecule has 2 aromatic carbocycles. The van der Waals surface area contributed by atoms with Gasteiger partial charge in [-0.15, -0.1) is 0 Å². The van der Waals surface area contributed by atoms with E-state index in [1.807, 2.05) is 13.8 Å². The molecule has 0 amide bonds. The van der Waals surface area contributed by atoms with Crippen molar-refractivity contribution in [3.05, 3.63) is 47.8 Å². The molecule has 7 heteroatoms. The molecule has 1 atom stereocenters. The first-order valence-corrected chi connectivity index (χ1v) is 9.12. The van der Waals surface area contributed by atoms with Crippen LogP contribution in [0.25, 0.3) is 0 Å². The molecular formula is C17H18FNO4S. The third-order valence-electron chi connectivity index (χ3n) is 3.67. The minimum absolute atomic E-state index is 0.0212. The first-order valence-electron chi connectivity index (χ1n) is 7.64. The number of ether oxygens (including phenoxy) is 2. The number of hydrogen-bond acceptors (Lipinski definition) is 4. The van der Waals surface area contributed by atoms with E-state index >= 15 is 0 Å². The van der Waals surface area contributed by atoms with E-state index in [0.29, 0.717) is 18.1 Å². The van der Waals surface area contributed by atoms with E-state index in [0.717, 1.165) is 18.1 Å². The maximum absolute atomic E-state index is 13.8. The Morgan fingerprint density at radius 3 is 2.79 bits per heavy atom. The van der Waals surface area contributed by atoms with Crippen molar-refractivity contribution in [3.8, 4) is 11.5 Å². The molecule has 1 aliphatic rings. The van der Waals surface area contributed by atoms with Crippen molar-refractivity contribution in [2.75, 3.05) is 11.3 Å². The summed E-state index contributed by atoms with van der Waals surface area (Å²) >= 11 is 0. The molecule has 0 aromatic heterocycles. The van der Waals surface area contributed by atoms with Crippen LogP contribution in [-0.4, -0.2) is 21.1 Å².